The molecule has 0 radical (unpaired) electrons. The lowest BCUT2D eigenvalue weighted by Gasteiger charge is -2.45. The molecule has 2 aliphatic heterocycles. The summed E-state index contributed by atoms with van der Waals surface area (Å²) in [7, 11) is 0. The number of fused-ring (bicyclic) bond motifs is 2. The average molecular weight is 225 g/mol. The molecule has 16 heavy (non-hydrogen) atoms. The molecule has 0 spiro atoms. The molecule has 2 heterocycles. The van der Waals surface area contributed by atoms with Crippen molar-refractivity contribution in [3.05, 3.63) is 0 Å². The molecule has 2 bridgehead atoms. The van der Waals surface area contributed by atoms with Gasteiger partial charge in [-0.1, -0.05) is 0 Å². The third-order valence-corrected chi connectivity index (χ3v) is 4.68. The summed E-state index contributed by atoms with van der Waals surface area (Å²) in [4.78, 5) is 13.9. The summed E-state index contributed by atoms with van der Waals surface area (Å²) in [5, 5.41) is 9.58. The van der Waals surface area contributed by atoms with Gasteiger partial charge in [0.05, 0.1) is 0 Å². The molecule has 4 nitrogen and oxygen atoms in total. The highest BCUT2D eigenvalue weighted by Gasteiger charge is 2.53. The van der Waals surface area contributed by atoms with Gasteiger partial charge in [-0.05, 0) is 38.0 Å². The van der Waals surface area contributed by atoms with Crippen molar-refractivity contribution in [1.29, 1.82) is 0 Å². The molecular weight excluding hydrogens is 206 g/mol. The predicted molar refractivity (Wildman–Crippen MR) is 58.3 cm³/mol. The van der Waals surface area contributed by atoms with Gasteiger partial charge in [0.25, 0.3) is 0 Å². The summed E-state index contributed by atoms with van der Waals surface area (Å²) in [6.45, 7) is 2.19. The minimum atomic E-state index is -0.636. The first kappa shape index (κ1) is 10.5. The fourth-order valence-corrected chi connectivity index (χ4v) is 3.78. The first-order valence-electron chi connectivity index (χ1n) is 6.30. The third kappa shape index (κ3) is 1.39. The Labute approximate surface area is 95.6 Å². The zero-order valence-electron chi connectivity index (χ0n) is 9.52. The van der Waals surface area contributed by atoms with E-state index in [1.807, 2.05) is 0 Å². The van der Waals surface area contributed by atoms with Crippen molar-refractivity contribution in [1.82, 2.24) is 4.90 Å². The summed E-state index contributed by atoms with van der Waals surface area (Å²) >= 11 is 0. The number of carbonyl (C=O) groups is 1. The van der Waals surface area contributed by atoms with Gasteiger partial charge >= 0.3 is 5.97 Å². The van der Waals surface area contributed by atoms with E-state index >= 15 is 0 Å². The van der Waals surface area contributed by atoms with Crippen LogP contribution < -0.4 is 0 Å². The molecule has 90 valence electrons. The summed E-state index contributed by atoms with van der Waals surface area (Å²) in [5.41, 5.74) is -0.613. The molecule has 0 aromatic heterocycles. The molecule has 1 saturated carbocycles. The lowest BCUT2D eigenvalue weighted by molar-refractivity contribution is -0.160. The molecule has 2 saturated heterocycles. The van der Waals surface area contributed by atoms with Crippen molar-refractivity contribution >= 4 is 5.97 Å². The van der Waals surface area contributed by atoms with Crippen LogP contribution in [0, 0.1) is 5.92 Å². The van der Waals surface area contributed by atoms with E-state index in [-0.39, 0.29) is 0 Å². The van der Waals surface area contributed by atoms with Gasteiger partial charge in [0.2, 0.25) is 0 Å². The molecule has 1 N–H and O–H groups in total. The van der Waals surface area contributed by atoms with E-state index in [4.69, 9.17) is 4.74 Å². The number of hydrogen-bond acceptors (Lipinski definition) is 3. The molecule has 3 fully saturated rings. The molecule has 2 unspecified atom stereocenters. The van der Waals surface area contributed by atoms with Crippen LogP contribution in [-0.2, 0) is 9.53 Å². The molecule has 0 aromatic rings. The lowest BCUT2D eigenvalue weighted by Crippen LogP contribution is -2.59. The van der Waals surface area contributed by atoms with Gasteiger partial charge in [0, 0.05) is 25.8 Å². The van der Waals surface area contributed by atoms with Gasteiger partial charge in [-0.3, -0.25) is 9.69 Å². The summed E-state index contributed by atoms with van der Waals surface area (Å²) in [5.74, 6) is 0.118. The second-order valence-electron chi connectivity index (χ2n) is 5.43. The number of likely N-dealkylation sites (tertiary alicyclic amines) is 1. The molecule has 3 rings (SSSR count). The van der Waals surface area contributed by atoms with Gasteiger partial charge in [-0.15, -0.1) is 0 Å². The number of piperidine rings is 1. The van der Waals surface area contributed by atoms with Crippen LogP contribution >= 0.6 is 0 Å². The summed E-state index contributed by atoms with van der Waals surface area (Å²) in [6, 6.07) is 0.527. The van der Waals surface area contributed by atoms with E-state index in [0.29, 0.717) is 32.1 Å². The first-order valence-corrected chi connectivity index (χ1v) is 6.30. The van der Waals surface area contributed by atoms with E-state index in [9.17, 15) is 9.90 Å². The topological polar surface area (TPSA) is 49.8 Å². The molecule has 1 aliphatic carbocycles. The maximum Gasteiger partial charge on any atom is 0.324 e. The smallest absolute Gasteiger partial charge is 0.324 e. The minimum Gasteiger partial charge on any atom is -0.480 e. The largest absolute Gasteiger partial charge is 0.480 e. The number of ether oxygens (including phenoxy) is 1. The Morgan fingerprint density at radius 1 is 1.31 bits per heavy atom. The first-order chi connectivity index (χ1) is 7.72. The zero-order chi connectivity index (χ0) is 11.2. The second kappa shape index (κ2) is 3.70. The Bertz CT molecular complexity index is 299. The fraction of sp³-hybridized carbons (Fsp3) is 0.917. The van der Waals surface area contributed by atoms with Crippen LogP contribution in [0.4, 0.5) is 0 Å². The predicted octanol–water partition coefficient (Wildman–Crippen LogP) is 1.10. The van der Waals surface area contributed by atoms with E-state index in [0.717, 1.165) is 12.5 Å². The van der Waals surface area contributed by atoms with Crippen LogP contribution in [0.2, 0.25) is 0 Å². The monoisotopic (exact) mass is 225 g/mol. The Morgan fingerprint density at radius 2 is 2.06 bits per heavy atom. The van der Waals surface area contributed by atoms with Crippen molar-refractivity contribution in [3.63, 3.8) is 0 Å². The molecule has 4 heteroatoms. The SMILES string of the molecule is O=C(O)C1(N2CC3CCC2C3)CCOCC1. The zero-order valence-corrected chi connectivity index (χ0v) is 9.52. The maximum atomic E-state index is 11.6. The van der Waals surface area contributed by atoms with Crippen LogP contribution in [0.1, 0.15) is 32.1 Å². The van der Waals surface area contributed by atoms with Crippen molar-refractivity contribution in [2.75, 3.05) is 19.8 Å². The second-order valence-corrected chi connectivity index (χ2v) is 5.43. The third-order valence-electron chi connectivity index (χ3n) is 4.68. The number of rotatable bonds is 2. The Hall–Kier alpha value is -0.610. The van der Waals surface area contributed by atoms with Crippen LogP contribution in [0.5, 0.6) is 0 Å². The average Bonchev–Trinajstić information content (AvgIpc) is 2.91. The molecule has 0 amide bonds. The molecule has 3 aliphatic rings. The number of carboxylic acids is 1. The van der Waals surface area contributed by atoms with Gasteiger partial charge < -0.3 is 9.84 Å². The van der Waals surface area contributed by atoms with E-state index in [1.165, 1.54) is 19.3 Å². The quantitative estimate of drug-likeness (QED) is 0.764. The minimum absolute atomic E-state index is 0.527. The Morgan fingerprint density at radius 3 is 2.56 bits per heavy atom. The normalized spacial score (nSPS) is 37.8. The van der Waals surface area contributed by atoms with E-state index < -0.39 is 11.5 Å². The van der Waals surface area contributed by atoms with Crippen molar-refractivity contribution < 1.29 is 14.6 Å². The number of hydrogen-bond donors (Lipinski definition) is 1. The summed E-state index contributed by atoms with van der Waals surface area (Å²) < 4.78 is 5.32. The number of carboxylic acid groups (broad SMARTS) is 1. The standard InChI is InChI=1S/C12H19NO3/c14-11(15)12(3-5-16-6-4-12)13-8-9-1-2-10(13)7-9/h9-10H,1-8H2,(H,14,15). The van der Waals surface area contributed by atoms with E-state index in [2.05, 4.69) is 4.90 Å². The van der Waals surface area contributed by atoms with Gasteiger partial charge in [-0.25, -0.2) is 0 Å². The highest BCUT2D eigenvalue weighted by molar-refractivity contribution is 5.79. The molecular formula is C12H19NO3. The highest BCUT2D eigenvalue weighted by Crippen LogP contribution is 2.44. The van der Waals surface area contributed by atoms with Gasteiger partial charge in [-0.2, -0.15) is 0 Å². The van der Waals surface area contributed by atoms with Gasteiger partial charge in [0.15, 0.2) is 0 Å². The van der Waals surface area contributed by atoms with Crippen molar-refractivity contribution in [2.24, 2.45) is 5.92 Å². The van der Waals surface area contributed by atoms with Gasteiger partial charge in [0.1, 0.15) is 5.54 Å². The summed E-state index contributed by atoms with van der Waals surface area (Å²) in [6.07, 6.45) is 5.03. The lowest BCUT2D eigenvalue weighted by atomic mass is 9.86. The van der Waals surface area contributed by atoms with Crippen LogP contribution in [0.25, 0.3) is 0 Å². The number of aliphatic carboxylic acids is 1. The Kier molecular flexibility index (Phi) is 2.44. The highest BCUT2D eigenvalue weighted by atomic mass is 16.5. The maximum absolute atomic E-state index is 11.6. The van der Waals surface area contributed by atoms with Crippen molar-refractivity contribution in [2.45, 2.75) is 43.7 Å². The Balaban J connectivity index is 1.85. The van der Waals surface area contributed by atoms with Crippen LogP contribution in [0.3, 0.4) is 0 Å². The fourth-order valence-electron chi connectivity index (χ4n) is 3.78. The van der Waals surface area contributed by atoms with E-state index in [1.54, 1.807) is 0 Å². The van der Waals surface area contributed by atoms with Crippen molar-refractivity contribution in [3.8, 4) is 0 Å². The van der Waals surface area contributed by atoms with Crippen LogP contribution in [0.15, 0.2) is 0 Å². The van der Waals surface area contributed by atoms with Crippen LogP contribution in [-0.4, -0.2) is 47.3 Å². The molecule has 2 atom stereocenters. The molecule has 0 aromatic carbocycles. The number of nitrogens with zero attached hydrogens (tertiary/aromatic N) is 1.